The van der Waals surface area contributed by atoms with E-state index < -0.39 is 11.4 Å². The van der Waals surface area contributed by atoms with Crippen LogP contribution >= 0.6 is 0 Å². The Labute approximate surface area is 152 Å². The van der Waals surface area contributed by atoms with Crippen LogP contribution in [0.2, 0.25) is 0 Å². The molecule has 26 heavy (non-hydrogen) atoms. The van der Waals surface area contributed by atoms with Crippen molar-refractivity contribution in [3.63, 3.8) is 0 Å². The molecular weight excluding hydrogens is 336 g/mol. The fourth-order valence-electron chi connectivity index (χ4n) is 3.19. The summed E-state index contributed by atoms with van der Waals surface area (Å²) in [5, 5.41) is 13.0. The van der Waals surface area contributed by atoms with E-state index in [1.165, 1.54) is 25.6 Å². The summed E-state index contributed by atoms with van der Waals surface area (Å²) in [4.78, 5) is 9.83. The van der Waals surface area contributed by atoms with Gasteiger partial charge in [0.1, 0.15) is 17.8 Å². The van der Waals surface area contributed by atoms with Crippen molar-refractivity contribution >= 4 is 6.34 Å². The number of benzene rings is 2. The highest BCUT2D eigenvalue weighted by Crippen LogP contribution is 2.50. The smallest absolute Gasteiger partial charge is 0.244 e. The maximum absolute atomic E-state index is 11.8. The van der Waals surface area contributed by atoms with Gasteiger partial charge in [-0.15, -0.1) is 0 Å². The molecule has 0 spiro atoms. The molecule has 2 aromatic carbocycles. The topological polar surface area (TPSA) is 72.8 Å². The Morgan fingerprint density at radius 1 is 0.808 bits per heavy atom. The number of hydrogen-bond acceptors (Lipinski definition) is 7. The molecule has 0 saturated heterocycles. The van der Waals surface area contributed by atoms with Crippen molar-refractivity contribution in [3.05, 3.63) is 59.7 Å². The van der Waals surface area contributed by atoms with Crippen molar-refractivity contribution in [3.8, 4) is 11.5 Å². The van der Waals surface area contributed by atoms with Gasteiger partial charge in [-0.1, -0.05) is 24.3 Å². The van der Waals surface area contributed by atoms with E-state index in [0.717, 1.165) is 0 Å². The molecule has 0 aliphatic carbocycles. The van der Waals surface area contributed by atoms with Crippen LogP contribution in [0, 0.1) is 0 Å². The van der Waals surface area contributed by atoms with Gasteiger partial charge < -0.3 is 19.3 Å². The van der Waals surface area contributed by atoms with Crippen LogP contribution in [-0.4, -0.2) is 44.9 Å². The average molecular weight is 358 g/mol. The molecule has 2 atom stereocenters. The number of nitrogens with zero attached hydrogens (tertiary/aromatic N) is 2. The summed E-state index contributed by atoms with van der Waals surface area (Å²) in [6.07, 6.45) is 1.41. The van der Waals surface area contributed by atoms with E-state index in [1.807, 2.05) is 0 Å². The fourth-order valence-corrected chi connectivity index (χ4v) is 3.19. The monoisotopic (exact) mass is 358 g/mol. The molecule has 0 fully saturated rings. The summed E-state index contributed by atoms with van der Waals surface area (Å²) in [7, 11) is 6.13. The normalized spacial score (nSPS) is 24.7. The Morgan fingerprint density at radius 3 is 1.73 bits per heavy atom. The van der Waals surface area contributed by atoms with Gasteiger partial charge in [-0.2, -0.15) is 0 Å². The standard InChI is InChI=1S/C19H22N2O5/c1-23-16-9-5-14(6-10-16)18(25-3)19(22,21(26-4)13-20-18)15-7-11-17(24-2)12-8-15/h5-13,22H,1-4H3. The first-order chi connectivity index (χ1) is 12.6. The zero-order chi connectivity index (χ0) is 18.8. The van der Waals surface area contributed by atoms with Gasteiger partial charge in [0.25, 0.3) is 0 Å². The lowest BCUT2D eigenvalue weighted by Gasteiger charge is -2.42. The van der Waals surface area contributed by atoms with Crippen LogP contribution in [0.1, 0.15) is 11.1 Å². The molecule has 2 unspecified atom stereocenters. The third kappa shape index (κ3) is 2.52. The molecule has 1 aliphatic heterocycles. The lowest BCUT2D eigenvalue weighted by molar-refractivity contribution is -0.304. The van der Waals surface area contributed by atoms with E-state index in [0.29, 0.717) is 22.6 Å². The van der Waals surface area contributed by atoms with Gasteiger partial charge in [0.05, 0.1) is 21.3 Å². The van der Waals surface area contributed by atoms with E-state index >= 15 is 0 Å². The lowest BCUT2D eigenvalue weighted by atomic mass is 9.86. The van der Waals surface area contributed by atoms with Gasteiger partial charge >= 0.3 is 0 Å². The quantitative estimate of drug-likeness (QED) is 0.854. The minimum atomic E-state index is -1.72. The molecule has 138 valence electrons. The van der Waals surface area contributed by atoms with Crippen molar-refractivity contribution in [1.29, 1.82) is 0 Å². The number of aliphatic hydroxyl groups is 1. The summed E-state index contributed by atoms with van der Waals surface area (Å²) in [5.41, 5.74) is -1.97. The largest absolute Gasteiger partial charge is 0.497 e. The molecule has 1 aliphatic rings. The zero-order valence-electron chi connectivity index (χ0n) is 15.2. The van der Waals surface area contributed by atoms with Crippen molar-refractivity contribution in [2.45, 2.75) is 11.4 Å². The minimum Gasteiger partial charge on any atom is -0.497 e. The fraction of sp³-hybridized carbons (Fsp3) is 0.316. The van der Waals surface area contributed by atoms with Gasteiger partial charge in [-0.25, -0.2) is 10.1 Å². The minimum absolute atomic E-state index is 0.537. The van der Waals surface area contributed by atoms with E-state index in [-0.39, 0.29) is 0 Å². The lowest BCUT2D eigenvalue weighted by Crippen LogP contribution is -2.55. The first-order valence-electron chi connectivity index (χ1n) is 8.01. The second-order valence-electron chi connectivity index (χ2n) is 5.73. The van der Waals surface area contributed by atoms with Crippen LogP contribution in [0.25, 0.3) is 0 Å². The SMILES string of the molecule is COc1ccc(C2(OC)N=CN(OC)C2(O)c2ccc(OC)cc2)cc1. The number of hydrogen-bond donors (Lipinski definition) is 1. The van der Waals surface area contributed by atoms with Crippen LogP contribution < -0.4 is 9.47 Å². The highest BCUT2D eigenvalue weighted by molar-refractivity contribution is 5.62. The Bertz CT molecular complexity index is 778. The first kappa shape index (κ1) is 18.2. The number of hydroxylamine groups is 2. The Kier molecular flexibility index (Phi) is 4.86. The summed E-state index contributed by atoms with van der Waals surface area (Å²) >= 11 is 0. The summed E-state index contributed by atoms with van der Waals surface area (Å²) < 4.78 is 16.2. The van der Waals surface area contributed by atoms with Crippen molar-refractivity contribution in [2.24, 2.45) is 4.99 Å². The molecule has 0 saturated carbocycles. The van der Waals surface area contributed by atoms with Crippen LogP contribution in [0.3, 0.4) is 0 Å². The predicted octanol–water partition coefficient (Wildman–Crippen LogP) is 2.25. The average Bonchev–Trinajstić information content (AvgIpc) is 3.01. The summed E-state index contributed by atoms with van der Waals surface area (Å²) in [5.74, 6) is 1.37. The molecular formula is C19H22N2O5. The van der Waals surface area contributed by atoms with Gasteiger partial charge in [0.2, 0.25) is 11.4 Å². The molecule has 0 bridgehead atoms. The molecule has 0 amide bonds. The third-order valence-corrected chi connectivity index (χ3v) is 4.60. The second kappa shape index (κ2) is 6.95. The van der Waals surface area contributed by atoms with E-state index in [2.05, 4.69) is 4.99 Å². The summed E-state index contributed by atoms with van der Waals surface area (Å²) in [6, 6.07) is 14.2. The second-order valence-corrected chi connectivity index (χ2v) is 5.73. The maximum atomic E-state index is 11.8. The van der Waals surface area contributed by atoms with E-state index in [4.69, 9.17) is 19.0 Å². The van der Waals surface area contributed by atoms with E-state index in [1.54, 1.807) is 62.8 Å². The highest BCUT2D eigenvalue weighted by atomic mass is 16.7. The van der Waals surface area contributed by atoms with E-state index in [9.17, 15) is 5.11 Å². The highest BCUT2D eigenvalue weighted by Gasteiger charge is 2.61. The Balaban J connectivity index is 2.15. The molecule has 1 heterocycles. The van der Waals surface area contributed by atoms with Crippen LogP contribution in [0.15, 0.2) is 53.5 Å². The molecule has 1 N–H and O–H groups in total. The molecule has 2 aromatic rings. The Hall–Kier alpha value is -2.61. The molecule has 7 nitrogen and oxygen atoms in total. The molecule has 0 radical (unpaired) electrons. The molecule has 7 heteroatoms. The predicted molar refractivity (Wildman–Crippen MR) is 95.9 cm³/mol. The number of methoxy groups -OCH3 is 3. The number of ether oxygens (including phenoxy) is 3. The number of aliphatic imine (C=N–C) groups is 1. The molecule has 3 rings (SSSR count). The Morgan fingerprint density at radius 2 is 1.31 bits per heavy atom. The first-order valence-corrected chi connectivity index (χ1v) is 8.01. The van der Waals surface area contributed by atoms with Gasteiger partial charge in [-0.3, -0.25) is 4.84 Å². The summed E-state index contributed by atoms with van der Waals surface area (Å²) in [6.45, 7) is 0. The van der Waals surface area contributed by atoms with Gasteiger partial charge in [0, 0.05) is 18.2 Å². The van der Waals surface area contributed by atoms with Crippen LogP contribution in [-0.2, 0) is 21.0 Å². The van der Waals surface area contributed by atoms with Crippen LogP contribution in [0.4, 0.5) is 0 Å². The zero-order valence-corrected chi connectivity index (χ0v) is 15.2. The van der Waals surface area contributed by atoms with Crippen molar-refractivity contribution in [2.75, 3.05) is 28.4 Å². The maximum Gasteiger partial charge on any atom is 0.244 e. The van der Waals surface area contributed by atoms with Gasteiger partial charge in [-0.05, 0) is 24.3 Å². The van der Waals surface area contributed by atoms with Crippen LogP contribution in [0.5, 0.6) is 11.5 Å². The third-order valence-electron chi connectivity index (χ3n) is 4.60. The number of rotatable bonds is 6. The van der Waals surface area contributed by atoms with Crippen molar-refractivity contribution in [1.82, 2.24) is 5.06 Å². The van der Waals surface area contributed by atoms with Gasteiger partial charge in [0.15, 0.2) is 0 Å². The van der Waals surface area contributed by atoms with Crippen molar-refractivity contribution < 1.29 is 24.2 Å². The molecule has 0 aromatic heterocycles.